The molecule has 0 amide bonds. The molecular weight excluding hydrogens is 381 g/mol. The van der Waals surface area contributed by atoms with Crippen molar-refractivity contribution >= 4 is 29.2 Å². The molecule has 1 aliphatic rings. The minimum atomic E-state index is 0.583. The van der Waals surface area contributed by atoms with Crippen LogP contribution in [-0.4, -0.2) is 75.7 Å². The maximum absolute atomic E-state index is 6.22. The summed E-state index contributed by atoms with van der Waals surface area (Å²) in [7, 11) is 4.01. The molecule has 0 radical (unpaired) electrons. The van der Waals surface area contributed by atoms with E-state index in [1.165, 1.54) is 26.2 Å². The maximum Gasteiger partial charge on any atom is 0.190 e. The molecule has 1 aromatic rings. The minimum Gasteiger partial charge on any atom is -0.356 e. The van der Waals surface area contributed by atoms with Gasteiger partial charge >= 0.3 is 0 Å². The Morgan fingerprint density at radius 2 is 1.93 bits per heavy atom. The average Bonchev–Trinajstić information content (AvgIpc) is 2.64. The molecule has 0 saturated carbocycles. The zero-order valence-corrected chi connectivity index (χ0v) is 18.3. The second-order valence-corrected chi connectivity index (χ2v) is 8.27. The molecule has 0 bridgehead atoms. The number of aryl methyl sites for hydroxylation is 1. The van der Waals surface area contributed by atoms with Gasteiger partial charge in [-0.15, -0.1) is 0 Å². The van der Waals surface area contributed by atoms with Gasteiger partial charge in [-0.05, 0) is 43.5 Å². The Hall–Kier alpha value is -1.01. The van der Waals surface area contributed by atoms with Crippen LogP contribution in [-0.2, 0) is 6.42 Å². The van der Waals surface area contributed by atoms with Crippen LogP contribution >= 0.6 is 23.2 Å². The monoisotopic (exact) mass is 413 g/mol. The van der Waals surface area contributed by atoms with Gasteiger partial charge in [-0.25, -0.2) is 0 Å². The first kappa shape index (κ1) is 22.3. The van der Waals surface area contributed by atoms with Crippen molar-refractivity contribution in [2.45, 2.75) is 19.8 Å². The van der Waals surface area contributed by atoms with Gasteiger partial charge in [0.05, 0.1) is 0 Å². The lowest BCUT2D eigenvalue weighted by Crippen LogP contribution is -2.47. The van der Waals surface area contributed by atoms with Gasteiger partial charge in [-0.3, -0.25) is 4.99 Å². The number of aliphatic imine (C=N–C) groups is 1. The number of hydrogen-bond acceptors (Lipinski definition) is 3. The predicted octanol–water partition coefficient (Wildman–Crippen LogP) is 2.97. The molecule has 152 valence electrons. The topological polar surface area (TPSA) is 42.9 Å². The Bertz CT molecular complexity index is 600. The van der Waals surface area contributed by atoms with Crippen molar-refractivity contribution < 1.29 is 0 Å². The quantitative estimate of drug-likeness (QED) is 0.390. The highest BCUT2D eigenvalue weighted by molar-refractivity contribution is 6.35. The fraction of sp³-hybridized carbons (Fsp3) is 0.650. The van der Waals surface area contributed by atoms with Gasteiger partial charge in [0.25, 0.3) is 0 Å². The van der Waals surface area contributed by atoms with Gasteiger partial charge in [0.2, 0.25) is 0 Å². The Morgan fingerprint density at radius 1 is 1.19 bits per heavy atom. The Labute approximate surface area is 174 Å². The fourth-order valence-electron chi connectivity index (χ4n) is 3.24. The summed E-state index contributed by atoms with van der Waals surface area (Å²) < 4.78 is 0. The van der Waals surface area contributed by atoms with Crippen LogP contribution in [0.4, 0.5) is 0 Å². The number of nitrogens with one attached hydrogen (secondary N) is 2. The van der Waals surface area contributed by atoms with Crippen molar-refractivity contribution in [3.8, 4) is 0 Å². The van der Waals surface area contributed by atoms with Crippen LogP contribution < -0.4 is 10.6 Å². The summed E-state index contributed by atoms with van der Waals surface area (Å²) in [6.45, 7) is 9.87. The van der Waals surface area contributed by atoms with Crippen molar-refractivity contribution in [2.24, 2.45) is 10.9 Å². The van der Waals surface area contributed by atoms with Gasteiger partial charge in [0.1, 0.15) is 0 Å². The average molecular weight is 414 g/mol. The van der Waals surface area contributed by atoms with E-state index < -0.39 is 0 Å². The van der Waals surface area contributed by atoms with Crippen LogP contribution in [0.3, 0.4) is 0 Å². The van der Waals surface area contributed by atoms with Crippen LogP contribution in [0.25, 0.3) is 0 Å². The highest BCUT2D eigenvalue weighted by Crippen LogP contribution is 2.21. The zero-order valence-electron chi connectivity index (χ0n) is 16.8. The number of guanidine groups is 1. The van der Waals surface area contributed by atoms with E-state index in [4.69, 9.17) is 23.2 Å². The Kier molecular flexibility index (Phi) is 9.69. The fourth-order valence-corrected chi connectivity index (χ4v) is 3.74. The summed E-state index contributed by atoms with van der Waals surface area (Å²) in [5.74, 6) is 1.45. The molecule has 1 aliphatic heterocycles. The van der Waals surface area contributed by atoms with Gasteiger partial charge in [0, 0.05) is 62.9 Å². The van der Waals surface area contributed by atoms with Crippen molar-refractivity contribution in [3.05, 3.63) is 33.8 Å². The number of rotatable bonds is 8. The highest BCUT2D eigenvalue weighted by atomic mass is 35.5. The first-order valence-corrected chi connectivity index (χ1v) is 10.5. The largest absolute Gasteiger partial charge is 0.356 e. The van der Waals surface area contributed by atoms with E-state index >= 15 is 0 Å². The number of benzene rings is 1. The summed E-state index contributed by atoms with van der Waals surface area (Å²) in [5.41, 5.74) is 1.13. The van der Waals surface area contributed by atoms with Crippen molar-refractivity contribution in [1.29, 1.82) is 0 Å². The Balaban J connectivity index is 1.62. The first-order valence-electron chi connectivity index (χ1n) is 9.77. The molecule has 0 spiro atoms. The van der Waals surface area contributed by atoms with Crippen LogP contribution in [0.5, 0.6) is 0 Å². The molecule has 0 aromatic heterocycles. The van der Waals surface area contributed by atoms with E-state index in [1.54, 1.807) is 6.07 Å². The smallest absolute Gasteiger partial charge is 0.190 e. The summed E-state index contributed by atoms with van der Waals surface area (Å²) >= 11 is 12.2. The lowest BCUT2D eigenvalue weighted by Gasteiger charge is -2.34. The van der Waals surface area contributed by atoms with Crippen LogP contribution in [0.2, 0.25) is 10.0 Å². The van der Waals surface area contributed by atoms with Crippen molar-refractivity contribution in [3.63, 3.8) is 0 Å². The number of piperazine rings is 1. The van der Waals surface area contributed by atoms with E-state index in [0.717, 1.165) is 49.0 Å². The second-order valence-electron chi connectivity index (χ2n) is 7.43. The molecule has 7 heteroatoms. The molecule has 2 rings (SSSR count). The van der Waals surface area contributed by atoms with Gasteiger partial charge in [-0.2, -0.15) is 0 Å². The summed E-state index contributed by atoms with van der Waals surface area (Å²) in [6, 6.07) is 5.68. The van der Waals surface area contributed by atoms with Gasteiger partial charge in [-0.1, -0.05) is 36.2 Å². The predicted molar refractivity (Wildman–Crippen MR) is 117 cm³/mol. The van der Waals surface area contributed by atoms with E-state index in [-0.39, 0.29) is 0 Å². The lowest BCUT2D eigenvalue weighted by molar-refractivity contribution is 0.139. The third-order valence-electron chi connectivity index (χ3n) is 4.94. The standard InChI is InChI=1S/C20H33Cl2N5/c1-16(15-27-11-9-26(3)10-12-27)14-25-20(23-2)24-8-4-5-17-6-7-18(21)13-19(17)22/h6-7,13,16H,4-5,8-12,14-15H2,1-3H3,(H2,23,24,25). The van der Waals surface area contributed by atoms with Crippen LogP contribution in [0.15, 0.2) is 23.2 Å². The molecule has 1 aromatic carbocycles. The molecule has 1 saturated heterocycles. The lowest BCUT2D eigenvalue weighted by atomic mass is 10.1. The third kappa shape index (κ3) is 8.26. The Morgan fingerprint density at radius 3 is 2.59 bits per heavy atom. The molecule has 2 N–H and O–H groups in total. The van der Waals surface area contributed by atoms with Gasteiger partial charge in [0.15, 0.2) is 5.96 Å². The van der Waals surface area contributed by atoms with E-state index in [0.29, 0.717) is 10.9 Å². The molecular formula is C20H33Cl2N5. The second kappa shape index (κ2) is 11.7. The van der Waals surface area contributed by atoms with Crippen molar-refractivity contribution in [2.75, 3.05) is 59.9 Å². The number of halogens is 2. The normalized spacial score (nSPS) is 17.7. The first-order chi connectivity index (χ1) is 13.0. The SMILES string of the molecule is CN=C(NCCCc1ccc(Cl)cc1Cl)NCC(C)CN1CCN(C)CC1. The number of likely N-dealkylation sites (N-methyl/N-ethyl adjacent to an activating group) is 1. The molecule has 5 nitrogen and oxygen atoms in total. The molecule has 1 fully saturated rings. The molecule has 27 heavy (non-hydrogen) atoms. The maximum atomic E-state index is 6.22. The molecule has 1 atom stereocenters. The third-order valence-corrected chi connectivity index (χ3v) is 5.52. The molecule has 1 unspecified atom stereocenters. The molecule has 1 heterocycles. The highest BCUT2D eigenvalue weighted by Gasteiger charge is 2.16. The summed E-state index contributed by atoms with van der Waals surface area (Å²) in [5, 5.41) is 8.24. The van der Waals surface area contributed by atoms with Crippen molar-refractivity contribution in [1.82, 2.24) is 20.4 Å². The van der Waals surface area contributed by atoms with Crippen LogP contribution in [0.1, 0.15) is 18.9 Å². The number of nitrogens with zero attached hydrogens (tertiary/aromatic N) is 3. The minimum absolute atomic E-state index is 0.583. The van der Waals surface area contributed by atoms with E-state index in [9.17, 15) is 0 Å². The number of hydrogen-bond donors (Lipinski definition) is 2. The zero-order chi connectivity index (χ0) is 19.6. The molecule has 0 aliphatic carbocycles. The van der Waals surface area contributed by atoms with E-state index in [2.05, 4.69) is 39.4 Å². The van der Waals surface area contributed by atoms with E-state index in [1.807, 2.05) is 19.2 Å². The summed E-state index contributed by atoms with van der Waals surface area (Å²) in [4.78, 5) is 9.27. The summed E-state index contributed by atoms with van der Waals surface area (Å²) in [6.07, 6.45) is 1.90. The van der Waals surface area contributed by atoms with Gasteiger partial charge < -0.3 is 20.4 Å². The van der Waals surface area contributed by atoms with Crippen LogP contribution in [0, 0.1) is 5.92 Å².